The number of nitrogens with zero attached hydrogens (tertiary/aromatic N) is 2. The number of rotatable bonds is 4. The molecule has 0 bridgehead atoms. The highest BCUT2D eigenvalue weighted by Gasteiger charge is 2.39. The zero-order chi connectivity index (χ0) is 13.8. The lowest BCUT2D eigenvalue weighted by Crippen LogP contribution is -2.39. The highest BCUT2D eigenvalue weighted by molar-refractivity contribution is 5.97. The van der Waals surface area contributed by atoms with Crippen molar-refractivity contribution in [3.05, 3.63) is 24.5 Å². The van der Waals surface area contributed by atoms with Crippen LogP contribution in [0.3, 0.4) is 0 Å². The second-order valence-corrected chi connectivity index (χ2v) is 4.77. The molecule has 5 heteroatoms. The molecular weight excluding hydrogens is 244 g/mol. The van der Waals surface area contributed by atoms with E-state index in [9.17, 15) is 14.7 Å². The van der Waals surface area contributed by atoms with Crippen LogP contribution in [0.4, 0.5) is 5.69 Å². The van der Waals surface area contributed by atoms with Crippen molar-refractivity contribution in [2.24, 2.45) is 11.8 Å². The second-order valence-electron chi connectivity index (χ2n) is 4.77. The monoisotopic (exact) mass is 262 g/mol. The normalized spacial score (nSPS) is 22.2. The Bertz CT molecular complexity index is 461. The van der Waals surface area contributed by atoms with Crippen LogP contribution in [0, 0.1) is 11.8 Å². The van der Waals surface area contributed by atoms with Crippen molar-refractivity contribution in [3.63, 3.8) is 0 Å². The summed E-state index contributed by atoms with van der Waals surface area (Å²) in [5.74, 6) is -1.88. The van der Waals surface area contributed by atoms with Crippen LogP contribution in [0.25, 0.3) is 0 Å². The molecular formula is C14H18N2O3. The Morgan fingerprint density at radius 1 is 1.32 bits per heavy atom. The van der Waals surface area contributed by atoms with Gasteiger partial charge in [-0.25, -0.2) is 0 Å². The summed E-state index contributed by atoms with van der Waals surface area (Å²) in [7, 11) is 0. The molecule has 1 saturated carbocycles. The first-order valence-corrected chi connectivity index (χ1v) is 6.59. The molecule has 0 spiro atoms. The number of carbonyl (C=O) groups is 2. The first-order chi connectivity index (χ1) is 9.15. The Labute approximate surface area is 112 Å². The third-order valence-electron chi connectivity index (χ3n) is 3.71. The lowest BCUT2D eigenvalue weighted by Gasteiger charge is -2.26. The van der Waals surface area contributed by atoms with Crippen molar-refractivity contribution in [2.75, 3.05) is 11.4 Å². The minimum atomic E-state index is -0.860. The maximum absolute atomic E-state index is 12.5. The number of carboxylic acids is 1. The summed E-state index contributed by atoms with van der Waals surface area (Å²) in [6.45, 7) is 2.43. The topological polar surface area (TPSA) is 70.5 Å². The summed E-state index contributed by atoms with van der Waals surface area (Å²) < 4.78 is 0. The van der Waals surface area contributed by atoms with Gasteiger partial charge in [0.15, 0.2) is 0 Å². The maximum Gasteiger partial charge on any atom is 0.307 e. The van der Waals surface area contributed by atoms with Crippen molar-refractivity contribution in [1.82, 2.24) is 4.98 Å². The molecule has 1 fully saturated rings. The lowest BCUT2D eigenvalue weighted by atomic mass is 9.94. The molecule has 0 saturated heterocycles. The summed E-state index contributed by atoms with van der Waals surface area (Å²) in [6, 6.07) is 3.54. The van der Waals surface area contributed by atoms with Crippen LogP contribution < -0.4 is 4.90 Å². The fraction of sp³-hybridized carbons (Fsp3) is 0.500. The fourth-order valence-electron chi connectivity index (χ4n) is 2.74. The SMILES string of the molecule is CCN(C(=O)[C@@H]1CCC[C@@H]1C(=O)O)c1ccncc1. The first kappa shape index (κ1) is 13.5. The van der Waals surface area contributed by atoms with Crippen molar-refractivity contribution in [3.8, 4) is 0 Å². The molecule has 19 heavy (non-hydrogen) atoms. The third-order valence-corrected chi connectivity index (χ3v) is 3.71. The van der Waals surface area contributed by atoms with Gasteiger partial charge in [-0.3, -0.25) is 14.6 Å². The van der Waals surface area contributed by atoms with Crippen molar-refractivity contribution in [2.45, 2.75) is 26.2 Å². The molecule has 0 aliphatic heterocycles. The van der Waals surface area contributed by atoms with Gasteiger partial charge in [-0.1, -0.05) is 6.42 Å². The second kappa shape index (κ2) is 5.82. The van der Waals surface area contributed by atoms with E-state index in [0.717, 1.165) is 12.1 Å². The standard InChI is InChI=1S/C14H18N2O3/c1-2-16(10-6-8-15-9-7-10)13(17)11-4-3-5-12(11)14(18)19/h6-9,11-12H,2-5H2,1H3,(H,18,19)/t11-,12+/m1/s1. The van der Waals surface area contributed by atoms with E-state index in [1.54, 1.807) is 29.4 Å². The van der Waals surface area contributed by atoms with Crippen LogP contribution in [-0.4, -0.2) is 28.5 Å². The van der Waals surface area contributed by atoms with Gasteiger partial charge in [-0.15, -0.1) is 0 Å². The zero-order valence-electron chi connectivity index (χ0n) is 11.0. The average Bonchev–Trinajstić information content (AvgIpc) is 2.90. The third kappa shape index (κ3) is 2.75. The molecule has 1 aliphatic carbocycles. The van der Waals surface area contributed by atoms with E-state index < -0.39 is 17.8 Å². The van der Waals surface area contributed by atoms with Gasteiger partial charge in [0, 0.05) is 24.6 Å². The zero-order valence-corrected chi connectivity index (χ0v) is 11.0. The Kier molecular flexibility index (Phi) is 4.14. The summed E-state index contributed by atoms with van der Waals surface area (Å²) in [5, 5.41) is 9.18. The molecule has 1 aromatic rings. The van der Waals surface area contributed by atoms with Gasteiger partial charge in [0.05, 0.1) is 11.8 Å². The largest absolute Gasteiger partial charge is 0.481 e. The smallest absolute Gasteiger partial charge is 0.307 e. The van der Waals surface area contributed by atoms with Gasteiger partial charge < -0.3 is 10.0 Å². The molecule has 1 aromatic heterocycles. The number of hydrogen-bond acceptors (Lipinski definition) is 3. The van der Waals surface area contributed by atoms with E-state index in [2.05, 4.69) is 4.98 Å². The minimum Gasteiger partial charge on any atom is -0.481 e. The van der Waals surface area contributed by atoms with Crippen LogP contribution in [0.5, 0.6) is 0 Å². The molecule has 1 N–H and O–H groups in total. The van der Waals surface area contributed by atoms with Crippen LogP contribution in [0.15, 0.2) is 24.5 Å². The highest BCUT2D eigenvalue weighted by Crippen LogP contribution is 2.34. The van der Waals surface area contributed by atoms with Gasteiger partial charge in [0.25, 0.3) is 0 Å². The molecule has 102 valence electrons. The number of pyridine rings is 1. The van der Waals surface area contributed by atoms with Crippen molar-refractivity contribution in [1.29, 1.82) is 0 Å². The van der Waals surface area contributed by atoms with Crippen molar-refractivity contribution < 1.29 is 14.7 Å². The van der Waals surface area contributed by atoms with Crippen molar-refractivity contribution >= 4 is 17.6 Å². The molecule has 5 nitrogen and oxygen atoms in total. The van der Waals surface area contributed by atoms with E-state index in [1.165, 1.54) is 0 Å². The van der Waals surface area contributed by atoms with Gasteiger partial charge in [0.1, 0.15) is 0 Å². The summed E-state index contributed by atoms with van der Waals surface area (Å²) in [4.78, 5) is 29.3. The number of aliphatic carboxylic acids is 1. The molecule has 2 atom stereocenters. The number of carbonyl (C=O) groups excluding carboxylic acids is 1. The predicted octanol–water partition coefficient (Wildman–Crippen LogP) is 1.94. The number of amides is 1. The molecule has 1 aliphatic rings. The Morgan fingerprint density at radius 3 is 2.53 bits per heavy atom. The van der Waals surface area contributed by atoms with Crippen LogP contribution in [0.1, 0.15) is 26.2 Å². The van der Waals surface area contributed by atoms with Crippen LogP contribution in [-0.2, 0) is 9.59 Å². The van der Waals surface area contributed by atoms with E-state index in [1.807, 2.05) is 6.92 Å². The van der Waals surface area contributed by atoms with E-state index >= 15 is 0 Å². The van der Waals surface area contributed by atoms with E-state index in [0.29, 0.717) is 19.4 Å². The summed E-state index contributed by atoms with van der Waals surface area (Å²) in [6.07, 6.45) is 5.33. The van der Waals surface area contributed by atoms with E-state index in [-0.39, 0.29) is 5.91 Å². The minimum absolute atomic E-state index is 0.0846. The van der Waals surface area contributed by atoms with Gasteiger partial charge >= 0.3 is 5.97 Å². The van der Waals surface area contributed by atoms with Gasteiger partial charge in [-0.2, -0.15) is 0 Å². The molecule has 0 unspecified atom stereocenters. The Balaban J connectivity index is 2.19. The van der Waals surface area contributed by atoms with Crippen LogP contribution >= 0.6 is 0 Å². The maximum atomic E-state index is 12.5. The molecule has 0 aromatic carbocycles. The lowest BCUT2D eigenvalue weighted by molar-refractivity contribution is -0.145. The number of anilines is 1. The predicted molar refractivity (Wildman–Crippen MR) is 70.7 cm³/mol. The molecule has 1 amide bonds. The summed E-state index contributed by atoms with van der Waals surface area (Å²) >= 11 is 0. The Hall–Kier alpha value is -1.91. The molecule has 2 rings (SSSR count). The Morgan fingerprint density at radius 2 is 1.95 bits per heavy atom. The average molecular weight is 262 g/mol. The van der Waals surface area contributed by atoms with E-state index in [4.69, 9.17) is 0 Å². The number of hydrogen-bond donors (Lipinski definition) is 1. The van der Waals surface area contributed by atoms with Gasteiger partial charge in [0.2, 0.25) is 5.91 Å². The number of aromatic nitrogens is 1. The molecule has 0 radical (unpaired) electrons. The highest BCUT2D eigenvalue weighted by atomic mass is 16.4. The first-order valence-electron chi connectivity index (χ1n) is 6.59. The summed E-state index contributed by atoms with van der Waals surface area (Å²) in [5.41, 5.74) is 0.776. The molecule has 1 heterocycles. The van der Waals surface area contributed by atoms with Crippen LogP contribution in [0.2, 0.25) is 0 Å². The quantitative estimate of drug-likeness (QED) is 0.900. The van der Waals surface area contributed by atoms with Gasteiger partial charge in [-0.05, 0) is 31.9 Å². The number of carboxylic acid groups (broad SMARTS) is 1. The fourth-order valence-corrected chi connectivity index (χ4v) is 2.74.